The molecule has 3 aromatic rings. The number of aryl methyl sites for hydroxylation is 3. The number of amides is 2. The molecule has 2 saturated carbocycles. The van der Waals surface area contributed by atoms with E-state index in [1.807, 2.05) is 39.8 Å². The monoisotopic (exact) mass is 477 g/mol. The van der Waals surface area contributed by atoms with E-state index in [-0.39, 0.29) is 17.5 Å². The van der Waals surface area contributed by atoms with Crippen molar-refractivity contribution in [3.63, 3.8) is 0 Å². The van der Waals surface area contributed by atoms with Crippen LogP contribution in [0, 0.1) is 31.6 Å². The molecule has 0 saturated heterocycles. The van der Waals surface area contributed by atoms with Crippen molar-refractivity contribution in [3.05, 3.63) is 41.1 Å². The van der Waals surface area contributed by atoms with E-state index >= 15 is 0 Å². The van der Waals surface area contributed by atoms with E-state index in [4.69, 9.17) is 4.63 Å². The molecule has 3 aromatic heterocycles. The Labute approximate surface area is 203 Å². The first kappa shape index (κ1) is 23.2. The molecule has 5 rings (SSSR count). The summed E-state index contributed by atoms with van der Waals surface area (Å²) in [6.07, 6.45) is 6.45. The van der Waals surface area contributed by atoms with Crippen LogP contribution in [0.2, 0.25) is 0 Å². The summed E-state index contributed by atoms with van der Waals surface area (Å²) in [6, 6.07) is 3.69. The Hall–Kier alpha value is -3.56. The molecule has 2 aliphatic carbocycles. The maximum absolute atomic E-state index is 13.8. The molecule has 0 aliphatic heterocycles. The van der Waals surface area contributed by atoms with Crippen LogP contribution >= 0.6 is 0 Å². The minimum atomic E-state index is -1.11. The predicted octanol–water partition coefficient (Wildman–Crippen LogP) is 3.60. The summed E-state index contributed by atoms with van der Waals surface area (Å²) < 4.78 is 4.79. The molecule has 3 heterocycles. The van der Waals surface area contributed by atoms with Gasteiger partial charge in [-0.15, -0.1) is 0 Å². The van der Waals surface area contributed by atoms with Gasteiger partial charge in [0.25, 0.3) is 5.91 Å². The number of aromatic amines is 1. The summed E-state index contributed by atoms with van der Waals surface area (Å²) in [5, 5.41) is 20.9. The average Bonchev–Trinajstić information content (AvgIpc) is 3.77. The fourth-order valence-electron chi connectivity index (χ4n) is 5.24. The summed E-state index contributed by atoms with van der Waals surface area (Å²) in [4.78, 5) is 31.6. The molecule has 35 heavy (non-hydrogen) atoms. The lowest BCUT2D eigenvalue weighted by molar-refractivity contribution is -0.124. The number of rotatable bonds is 9. The molecule has 2 fully saturated rings. The van der Waals surface area contributed by atoms with Gasteiger partial charge in [0, 0.05) is 11.3 Å². The van der Waals surface area contributed by atoms with Gasteiger partial charge in [0.2, 0.25) is 5.91 Å². The third-order valence-corrected chi connectivity index (χ3v) is 7.28. The van der Waals surface area contributed by atoms with Crippen LogP contribution < -0.4 is 10.6 Å². The van der Waals surface area contributed by atoms with Crippen molar-refractivity contribution in [2.24, 2.45) is 17.8 Å². The number of aromatic nitrogens is 5. The number of hydrogen-bond acceptors (Lipinski definition) is 7. The summed E-state index contributed by atoms with van der Waals surface area (Å²) in [7, 11) is 0. The largest absolute Gasteiger partial charge is 0.336 e. The number of nitrogens with one attached hydrogen (secondary N) is 3. The standard InChI is InChI=1S/C25H31N7O3/c1-5-18-22(32-35-31-18)23(33)28-25(4,21(15-6-7-15)16-8-9-16)24(34)27-17-10-11-19(26-12-17)20-13(2)29-30-14(20)3/h10-12,15-16,21H,5-9H2,1-4H3,(H,27,34)(H,28,33)(H,29,30). The van der Waals surface area contributed by atoms with Crippen molar-refractivity contribution in [2.75, 3.05) is 5.32 Å². The molecule has 0 bridgehead atoms. The molecule has 1 unspecified atom stereocenters. The van der Waals surface area contributed by atoms with Gasteiger partial charge in [0.15, 0.2) is 5.69 Å². The fraction of sp³-hybridized carbons (Fsp3) is 0.520. The lowest BCUT2D eigenvalue weighted by Gasteiger charge is -2.37. The molecular formula is C25H31N7O3. The van der Waals surface area contributed by atoms with Crippen molar-refractivity contribution < 1.29 is 14.2 Å². The fourth-order valence-corrected chi connectivity index (χ4v) is 5.24. The van der Waals surface area contributed by atoms with Gasteiger partial charge in [0.05, 0.1) is 23.3 Å². The molecule has 10 heteroatoms. The predicted molar refractivity (Wildman–Crippen MR) is 128 cm³/mol. The van der Waals surface area contributed by atoms with Crippen molar-refractivity contribution in [1.29, 1.82) is 0 Å². The topological polar surface area (TPSA) is 139 Å². The van der Waals surface area contributed by atoms with Crippen molar-refractivity contribution in [3.8, 4) is 11.3 Å². The lowest BCUT2D eigenvalue weighted by Crippen LogP contribution is -2.60. The number of anilines is 1. The lowest BCUT2D eigenvalue weighted by atomic mass is 9.77. The zero-order chi connectivity index (χ0) is 24.7. The maximum Gasteiger partial charge on any atom is 0.276 e. The number of pyridine rings is 1. The quantitative estimate of drug-likeness (QED) is 0.428. The number of carbonyl (C=O) groups is 2. The Morgan fingerprint density at radius 2 is 1.89 bits per heavy atom. The van der Waals surface area contributed by atoms with E-state index in [1.165, 1.54) is 0 Å². The normalized spacial score (nSPS) is 17.3. The molecule has 0 spiro atoms. The van der Waals surface area contributed by atoms with Gasteiger partial charge in [-0.1, -0.05) is 12.1 Å². The second kappa shape index (κ2) is 8.90. The van der Waals surface area contributed by atoms with Gasteiger partial charge >= 0.3 is 0 Å². The van der Waals surface area contributed by atoms with Crippen LogP contribution in [0.1, 0.15) is 67.1 Å². The molecule has 0 radical (unpaired) electrons. The van der Waals surface area contributed by atoms with Crippen LogP contribution in [-0.2, 0) is 11.2 Å². The molecule has 184 valence electrons. The highest BCUT2D eigenvalue weighted by Crippen LogP contribution is 2.53. The van der Waals surface area contributed by atoms with Crippen LogP contribution in [0.15, 0.2) is 23.0 Å². The van der Waals surface area contributed by atoms with E-state index < -0.39 is 11.4 Å². The second-order valence-electron chi connectivity index (χ2n) is 9.97. The number of hydrogen-bond donors (Lipinski definition) is 3. The number of H-pyrrole nitrogens is 1. The molecule has 0 aromatic carbocycles. The molecule has 2 aliphatic rings. The Kier molecular flexibility index (Phi) is 5.90. The number of nitrogens with zero attached hydrogens (tertiary/aromatic N) is 4. The van der Waals surface area contributed by atoms with Crippen LogP contribution in [0.5, 0.6) is 0 Å². The summed E-state index contributed by atoms with van der Waals surface area (Å²) in [6.45, 7) is 7.59. The zero-order valence-corrected chi connectivity index (χ0v) is 20.5. The highest BCUT2D eigenvalue weighted by atomic mass is 16.6. The zero-order valence-electron chi connectivity index (χ0n) is 20.5. The minimum absolute atomic E-state index is 0.0554. The SMILES string of the molecule is CCc1nonc1C(=O)NC(C)(C(=O)Nc1ccc(-c2c(C)n[nH]c2C)nc1)C(C1CC1)C1CC1. The third kappa shape index (κ3) is 4.44. The van der Waals surface area contributed by atoms with Gasteiger partial charge in [-0.25, -0.2) is 4.63 Å². The molecular weight excluding hydrogens is 446 g/mol. The average molecular weight is 478 g/mol. The van der Waals surface area contributed by atoms with Crippen molar-refractivity contribution >= 4 is 17.5 Å². The van der Waals surface area contributed by atoms with E-state index in [2.05, 4.69) is 36.1 Å². The molecule has 1 atom stereocenters. The van der Waals surface area contributed by atoms with E-state index in [0.29, 0.717) is 29.6 Å². The Morgan fingerprint density at radius 1 is 1.17 bits per heavy atom. The Balaban J connectivity index is 1.40. The number of carbonyl (C=O) groups excluding carboxylic acids is 2. The summed E-state index contributed by atoms with van der Waals surface area (Å²) in [5.74, 6) is 0.208. The van der Waals surface area contributed by atoms with E-state index in [1.54, 1.807) is 6.20 Å². The van der Waals surface area contributed by atoms with Crippen LogP contribution in [0.4, 0.5) is 5.69 Å². The Morgan fingerprint density at radius 3 is 2.43 bits per heavy atom. The summed E-state index contributed by atoms with van der Waals surface area (Å²) in [5.41, 5.74) is 3.61. The van der Waals surface area contributed by atoms with Crippen molar-refractivity contribution in [2.45, 2.75) is 65.3 Å². The molecule has 10 nitrogen and oxygen atoms in total. The van der Waals surface area contributed by atoms with Crippen molar-refractivity contribution in [1.82, 2.24) is 30.8 Å². The maximum atomic E-state index is 13.8. The third-order valence-electron chi connectivity index (χ3n) is 7.28. The van der Waals surface area contributed by atoms with Crippen LogP contribution in [0.3, 0.4) is 0 Å². The van der Waals surface area contributed by atoms with Crippen LogP contribution in [0.25, 0.3) is 11.3 Å². The highest BCUT2D eigenvalue weighted by molar-refractivity contribution is 6.03. The van der Waals surface area contributed by atoms with E-state index in [9.17, 15) is 9.59 Å². The van der Waals surface area contributed by atoms with Gasteiger partial charge in [-0.3, -0.25) is 19.7 Å². The molecule has 3 N–H and O–H groups in total. The second-order valence-corrected chi connectivity index (χ2v) is 9.97. The Bertz CT molecular complexity index is 1210. The van der Waals surface area contributed by atoms with E-state index in [0.717, 1.165) is 48.3 Å². The van der Waals surface area contributed by atoms with Gasteiger partial charge in [0.1, 0.15) is 11.2 Å². The van der Waals surface area contributed by atoms with Crippen LogP contribution in [-0.4, -0.2) is 42.8 Å². The van der Waals surface area contributed by atoms with Gasteiger partial charge in [-0.05, 0) is 87.9 Å². The smallest absolute Gasteiger partial charge is 0.276 e. The molecule has 2 amide bonds. The first-order valence-electron chi connectivity index (χ1n) is 12.2. The minimum Gasteiger partial charge on any atom is -0.336 e. The highest BCUT2D eigenvalue weighted by Gasteiger charge is 2.55. The van der Waals surface area contributed by atoms with Gasteiger partial charge in [-0.2, -0.15) is 5.10 Å². The summed E-state index contributed by atoms with van der Waals surface area (Å²) >= 11 is 0. The first-order chi connectivity index (χ1) is 16.8. The van der Waals surface area contributed by atoms with Gasteiger partial charge < -0.3 is 10.6 Å². The first-order valence-corrected chi connectivity index (χ1v) is 12.2.